The molecule has 0 atom stereocenters. The van der Waals surface area contributed by atoms with Crippen LogP contribution in [0.15, 0.2) is 48.5 Å². The normalized spacial score (nSPS) is 11.5. The highest BCUT2D eigenvalue weighted by atomic mass is 15.2. The summed E-state index contributed by atoms with van der Waals surface area (Å²) < 4.78 is 0. The van der Waals surface area contributed by atoms with E-state index in [1.165, 1.54) is 288 Å². The first kappa shape index (κ1) is 70.8. The Bertz CT molecular complexity index is 1950. The minimum atomic E-state index is 0.623. The molecule has 4 rings (SSSR count). The summed E-state index contributed by atoms with van der Waals surface area (Å²) in [6, 6.07) is 18.9. The predicted molar refractivity (Wildman–Crippen MR) is 364 cm³/mol. The summed E-state index contributed by atoms with van der Waals surface area (Å²) in [6.45, 7) is 16.2. The number of nitrogens with zero attached hydrogens (tertiary/aromatic N) is 3. The van der Waals surface area contributed by atoms with Crippen molar-refractivity contribution < 1.29 is 0 Å². The van der Waals surface area contributed by atoms with Gasteiger partial charge in [-0.2, -0.15) is 15.0 Å². The molecular weight excluding hydrogens is 995 g/mol. The van der Waals surface area contributed by atoms with Crippen molar-refractivity contribution in [2.75, 3.05) is 10.6 Å². The lowest BCUT2D eigenvalue weighted by Crippen LogP contribution is -2.09. The van der Waals surface area contributed by atoms with Gasteiger partial charge >= 0.3 is 0 Å². The fraction of sp³-hybridized carbons (Fsp3) is 0.727. The molecule has 82 heavy (non-hydrogen) atoms. The van der Waals surface area contributed by atoms with E-state index in [2.05, 4.69) is 108 Å². The van der Waals surface area contributed by atoms with Crippen molar-refractivity contribution in [2.45, 2.75) is 363 Å². The van der Waals surface area contributed by atoms with Crippen LogP contribution in [-0.4, -0.2) is 15.0 Å². The van der Waals surface area contributed by atoms with Gasteiger partial charge in [0.05, 0.1) is 0 Å². The Morgan fingerprint density at radius 1 is 0.268 bits per heavy atom. The van der Waals surface area contributed by atoms with Crippen LogP contribution < -0.4 is 10.6 Å². The Hall–Kier alpha value is -3.73. The van der Waals surface area contributed by atoms with Crippen LogP contribution in [-0.2, 0) is 44.9 Å². The number of benzene rings is 3. The highest BCUT2D eigenvalue weighted by Crippen LogP contribution is 2.33. The lowest BCUT2D eigenvalue weighted by Gasteiger charge is -2.20. The van der Waals surface area contributed by atoms with E-state index in [-0.39, 0.29) is 0 Å². The molecule has 1 aromatic heterocycles. The van der Waals surface area contributed by atoms with Crippen molar-refractivity contribution in [1.82, 2.24) is 15.0 Å². The minimum Gasteiger partial charge on any atom is -0.324 e. The van der Waals surface area contributed by atoms with Gasteiger partial charge in [-0.05, 0) is 147 Å². The summed E-state index contributed by atoms with van der Waals surface area (Å²) >= 11 is 0. The zero-order valence-corrected chi connectivity index (χ0v) is 55.1. The molecule has 0 amide bonds. The van der Waals surface area contributed by atoms with Gasteiger partial charge in [-0.1, -0.05) is 304 Å². The summed E-state index contributed by atoms with van der Waals surface area (Å²) in [7, 11) is 0. The van der Waals surface area contributed by atoms with Gasteiger partial charge < -0.3 is 10.6 Å². The van der Waals surface area contributed by atoms with E-state index in [9.17, 15) is 0 Å². The van der Waals surface area contributed by atoms with Crippen LogP contribution in [0, 0.1) is 0 Å². The molecule has 0 aliphatic rings. The Morgan fingerprint density at radius 2 is 0.512 bits per heavy atom. The van der Waals surface area contributed by atoms with Crippen LogP contribution in [0.3, 0.4) is 0 Å². The van der Waals surface area contributed by atoms with Crippen LogP contribution in [0.1, 0.15) is 357 Å². The quantitative estimate of drug-likeness (QED) is 0.0432. The molecule has 5 nitrogen and oxygen atoms in total. The Labute approximate surface area is 508 Å². The second-order valence-corrected chi connectivity index (χ2v) is 25.4. The van der Waals surface area contributed by atoms with E-state index >= 15 is 0 Å². The molecule has 0 unspecified atom stereocenters. The molecule has 0 spiro atoms. The van der Waals surface area contributed by atoms with E-state index in [0.29, 0.717) is 17.7 Å². The number of rotatable bonds is 54. The monoisotopic (exact) mass is 1120 g/mol. The van der Waals surface area contributed by atoms with Crippen LogP contribution in [0.5, 0.6) is 0 Å². The largest absolute Gasteiger partial charge is 0.324 e. The van der Waals surface area contributed by atoms with E-state index in [1.807, 2.05) is 0 Å². The molecule has 3 aromatic carbocycles. The average Bonchev–Trinajstić information content (AvgIpc) is 3.69. The maximum atomic E-state index is 5.33. The van der Waals surface area contributed by atoms with Crippen LogP contribution in [0.4, 0.5) is 23.3 Å². The molecule has 0 bridgehead atoms. The summed E-state index contributed by atoms with van der Waals surface area (Å²) in [4.78, 5) is 15.9. The van der Waals surface area contributed by atoms with Gasteiger partial charge in [-0.25, -0.2) is 0 Å². The zero-order chi connectivity index (χ0) is 58.3. The Morgan fingerprint density at radius 3 is 0.768 bits per heavy atom. The fourth-order valence-electron chi connectivity index (χ4n) is 12.6. The average molecular weight is 1120 g/mol. The fourth-order valence-corrected chi connectivity index (χ4v) is 12.6. The van der Waals surface area contributed by atoms with E-state index in [4.69, 9.17) is 15.0 Å². The standard InChI is InChI=1S/C77H129N5/c1-8-15-21-27-33-39-45-51-67-61-71(62-68(52-46-40-34-28-22-16-9-2)73(67)55-49-43-37-31-25-19-12-5)78-76-80-75(66-59-57-65(14-7)58-60-66)81-77(82-76)79-72-63-69(53-47-41-35-29-23-17-10-3)74(56-50-44-38-32-26-20-13-6)70(64-72)54-48-42-36-30-24-18-11-4/h57-64H,8-56H2,1-7H3,(H2,78,79,80,81,82). The SMILES string of the molecule is CCCCCCCCCc1cc(Nc2nc(Nc3cc(CCCCCCCCC)c(CCCCCCCCC)c(CCCCCCCCC)c3)nc(-c3ccc(CC)cc3)n2)cc(CCCCCCCCC)c1CCCCCCCCC. The van der Waals surface area contributed by atoms with Gasteiger partial charge in [0.25, 0.3) is 0 Å². The van der Waals surface area contributed by atoms with Crippen molar-refractivity contribution >= 4 is 23.3 Å². The van der Waals surface area contributed by atoms with Gasteiger partial charge in [0.1, 0.15) is 0 Å². The van der Waals surface area contributed by atoms with Gasteiger partial charge in [0.2, 0.25) is 11.9 Å². The van der Waals surface area contributed by atoms with Crippen LogP contribution in [0.25, 0.3) is 11.4 Å². The van der Waals surface area contributed by atoms with E-state index in [1.54, 1.807) is 33.4 Å². The Kier molecular flexibility index (Phi) is 41.0. The molecule has 1 heterocycles. The molecule has 462 valence electrons. The second-order valence-electron chi connectivity index (χ2n) is 25.4. The van der Waals surface area contributed by atoms with Crippen LogP contribution >= 0.6 is 0 Å². The molecule has 4 aromatic rings. The van der Waals surface area contributed by atoms with Gasteiger partial charge in [0.15, 0.2) is 5.82 Å². The van der Waals surface area contributed by atoms with Crippen molar-refractivity contribution in [2.24, 2.45) is 0 Å². The third kappa shape index (κ3) is 30.9. The van der Waals surface area contributed by atoms with Crippen molar-refractivity contribution in [3.63, 3.8) is 0 Å². The maximum Gasteiger partial charge on any atom is 0.232 e. The van der Waals surface area contributed by atoms with Crippen molar-refractivity contribution in [1.29, 1.82) is 0 Å². The van der Waals surface area contributed by atoms with Crippen molar-refractivity contribution in [3.8, 4) is 11.4 Å². The molecule has 0 fully saturated rings. The van der Waals surface area contributed by atoms with E-state index in [0.717, 1.165) is 49.0 Å². The number of aryl methyl sites for hydroxylation is 5. The minimum absolute atomic E-state index is 0.623. The number of hydrogen-bond acceptors (Lipinski definition) is 5. The molecule has 0 radical (unpaired) electrons. The van der Waals surface area contributed by atoms with Crippen LogP contribution in [0.2, 0.25) is 0 Å². The third-order valence-electron chi connectivity index (χ3n) is 17.9. The molecule has 5 heteroatoms. The number of hydrogen-bond donors (Lipinski definition) is 2. The molecule has 0 aliphatic heterocycles. The van der Waals surface area contributed by atoms with Crippen molar-refractivity contribution in [3.05, 3.63) is 87.5 Å². The third-order valence-corrected chi connectivity index (χ3v) is 17.9. The first-order valence-corrected chi connectivity index (χ1v) is 36.1. The highest BCUT2D eigenvalue weighted by Gasteiger charge is 2.18. The maximum absolute atomic E-state index is 5.33. The van der Waals surface area contributed by atoms with Gasteiger partial charge in [0, 0.05) is 16.9 Å². The lowest BCUT2D eigenvalue weighted by molar-refractivity contribution is 0.578. The first-order valence-electron chi connectivity index (χ1n) is 36.1. The second kappa shape index (κ2) is 47.5. The lowest BCUT2D eigenvalue weighted by atomic mass is 9.89. The van der Waals surface area contributed by atoms with Gasteiger partial charge in [-0.3, -0.25) is 0 Å². The molecule has 0 saturated heterocycles. The topological polar surface area (TPSA) is 62.7 Å². The Balaban J connectivity index is 1.78. The summed E-state index contributed by atoms with van der Waals surface area (Å²) in [5.41, 5.74) is 14.2. The number of aromatic nitrogens is 3. The van der Waals surface area contributed by atoms with Gasteiger partial charge in [-0.15, -0.1) is 0 Å². The summed E-state index contributed by atoms with van der Waals surface area (Å²) in [5.74, 6) is 1.96. The molecular formula is C77H129N5. The number of unbranched alkanes of at least 4 members (excludes halogenated alkanes) is 36. The smallest absolute Gasteiger partial charge is 0.232 e. The molecule has 2 N–H and O–H groups in total. The number of nitrogens with one attached hydrogen (secondary N) is 2. The molecule has 0 aliphatic carbocycles. The van der Waals surface area contributed by atoms with E-state index < -0.39 is 0 Å². The summed E-state index contributed by atoms with van der Waals surface area (Å²) in [5, 5.41) is 7.79. The zero-order valence-electron chi connectivity index (χ0n) is 55.1. The number of anilines is 4. The highest BCUT2D eigenvalue weighted by molar-refractivity contribution is 5.66. The molecule has 0 saturated carbocycles. The summed E-state index contributed by atoms with van der Waals surface area (Å²) in [6.07, 6.45) is 64.2. The predicted octanol–water partition coefficient (Wildman–Crippen LogP) is 25.3. The first-order chi connectivity index (χ1) is 40.5.